The van der Waals surface area contributed by atoms with E-state index in [1.807, 2.05) is 0 Å². The van der Waals surface area contributed by atoms with E-state index in [-0.39, 0.29) is 5.82 Å². The molecule has 2 nitrogen and oxygen atoms in total. The predicted molar refractivity (Wildman–Crippen MR) is 69.2 cm³/mol. The molecular formula is C13H19ClFNO. The molecule has 0 heterocycles. The van der Waals surface area contributed by atoms with Gasteiger partial charge in [0.1, 0.15) is 11.6 Å². The molecular weight excluding hydrogens is 241 g/mol. The molecule has 1 aromatic carbocycles. The zero-order valence-corrected chi connectivity index (χ0v) is 11.1. The summed E-state index contributed by atoms with van der Waals surface area (Å²) in [5.74, 6) is 0.924. The van der Waals surface area contributed by atoms with Crippen molar-refractivity contribution in [1.82, 2.24) is 5.32 Å². The third-order valence-corrected chi connectivity index (χ3v) is 3.01. The highest BCUT2D eigenvalue weighted by atomic mass is 35.5. The summed E-state index contributed by atoms with van der Waals surface area (Å²) in [7, 11) is 1.53. The van der Waals surface area contributed by atoms with Crippen LogP contribution < -0.4 is 10.1 Å². The molecule has 0 fully saturated rings. The van der Waals surface area contributed by atoms with Crippen LogP contribution >= 0.6 is 11.6 Å². The minimum Gasteiger partial charge on any atom is -0.497 e. The van der Waals surface area contributed by atoms with Crippen molar-refractivity contribution < 1.29 is 9.13 Å². The summed E-state index contributed by atoms with van der Waals surface area (Å²) >= 11 is 5.70. The second kappa shape index (κ2) is 7.51. The topological polar surface area (TPSA) is 21.3 Å². The van der Waals surface area contributed by atoms with Gasteiger partial charge < -0.3 is 10.1 Å². The van der Waals surface area contributed by atoms with E-state index in [2.05, 4.69) is 12.2 Å². The largest absolute Gasteiger partial charge is 0.497 e. The van der Waals surface area contributed by atoms with E-state index >= 15 is 0 Å². The molecule has 0 bridgehead atoms. The molecule has 1 N–H and O–H groups in total. The molecule has 1 atom stereocenters. The summed E-state index contributed by atoms with van der Waals surface area (Å²) in [6.07, 6.45) is 1.89. The van der Waals surface area contributed by atoms with E-state index in [4.69, 9.17) is 16.3 Å². The number of nitrogens with one attached hydrogen (secondary N) is 1. The van der Waals surface area contributed by atoms with Gasteiger partial charge in [-0.05, 0) is 18.9 Å². The van der Waals surface area contributed by atoms with E-state index in [9.17, 15) is 4.39 Å². The third kappa shape index (κ3) is 4.52. The molecule has 0 amide bonds. The standard InChI is InChI=1S/C13H19ClFNO/c1-3-11(6-7-14)16-9-10-4-5-12(17-2)8-13(10)15/h4-5,8,11,16H,3,6-7,9H2,1-2H3. The van der Waals surface area contributed by atoms with E-state index in [0.29, 0.717) is 29.8 Å². The maximum atomic E-state index is 13.6. The quantitative estimate of drug-likeness (QED) is 0.759. The average molecular weight is 260 g/mol. The van der Waals surface area contributed by atoms with Gasteiger partial charge in [0, 0.05) is 30.1 Å². The summed E-state index contributed by atoms with van der Waals surface area (Å²) in [5, 5.41) is 3.30. The lowest BCUT2D eigenvalue weighted by Crippen LogP contribution is -2.28. The highest BCUT2D eigenvalue weighted by Gasteiger charge is 2.08. The van der Waals surface area contributed by atoms with Crippen molar-refractivity contribution in [3.05, 3.63) is 29.6 Å². The number of hydrogen-bond acceptors (Lipinski definition) is 2. The first kappa shape index (κ1) is 14.3. The monoisotopic (exact) mass is 259 g/mol. The second-order valence-corrected chi connectivity index (χ2v) is 4.30. The van der Waals surface area contributed by atoms with Crippen LogP contribution in [0, 0.1) is 5.82 Å². The Morgan fingerprint density at radius 3 is 2.76 bits per heavy atom. The van der Waals surface area contributed by atoms with Crippen LogP contribution in [0.5, 0.6) is 5.75 Å². The van der Waals surface area contributed by atoms with Crippen LogP contribution in [0.3, 0.4) is 0 Å². The number of alkyl halides is 1. The van der Waals surface area contributed by atoms with Crippen LogP contribution in [-0.2, 0) is 6.54 Å². The molecule has 96 valence electrons. The minimum absolute atomic E-state index is 0.238. The summed E-state index contributed by atoms with van der Waals surface area (Å²) < 4.78 is 18.6. The third-order valence-electron chi connectivity index (χ3n) is 2.79. The van der Waals surface area contributed by atoms with Gasteiger partial charge in [-0.2, -0.15) is 0 Å². The van der Waals surface area contributed by atoms with Gasteiger partial charge in [0.25, 0.3) is 0 Å². The lowest BCUT2D eigenvalue weighted by Gasteiger charge is -2.16. The minimum atomic E-state index is -0.238. The summed E-state index contributed by atoms with van der Waals surface area (Å²) in [4.78, 5) is 0. The Morgan fingerprint density at radius 2 is 2.24 bits per heavy atom. The molecule has 4 heteroatoms. The van der Waals surface area contributed by atoms with Gasteiger partial charge >= 0.3 is 0 Å². The fourth-order valence-electron chi connectivity index (χ4n) is 1.63. The molecule has 1 rings (SSSR count). The van der Waals surface area contributed by atoms with Crippen molar-refractivity contribution in [2.24, 2.45) is 0 Å². The number of halogens is 2. The van der Waals surface area contributed by atoms with E-state index in [1.54, 1.807) is 12.1 Å². The summed E-state index contributed by atoms with van der Waals surface area (Å²) in [6.45, 7) is 2.61. The van der Waals surface area contributed by atoms with Crippen LogP contribution in [0.4, 0.5) is 4.39 Å². The van der Waals surface area contributed by atoms with Gasteiger partial charge in [-0.3, -0.25) is 0 Å². The maximum absolute atomic E-state index is 13.6. The van der Waals surface area contributed by atoms with Crippen molar-refractivity contribution in [2.75, 3.05) is 13.0 Å². The van der Waals surface area contributed by atoms with Gasteiger partial charge in [0.2, 0.25) is 0 Å². The molecule has 1 aromatic rings. The molecule has 0 aliphatic heterocycles. The lowest BCUT2D eigenvalue weighted by molar-refractivity contribution is 0.409. The SMILES string of the molecule is CCC(CCCl)NCc1ccc(OC)cc1F. The Labute approximate surface area is 107 Å². The Morgan fingerprint density at radius 1 is 1.47 bits per heavy atom. The van der Waals surface area contributed by atoms with Gasteiger partial charge in [-0.15, -0.1) is 11.6 Å². The average Bonchev–Trinajstić information content (AvgIpc) is 2.35. The number of ether oxygens (including phenoxy) is 1. The Balaban J connectivity index is 2.56. The van der Waals surface area contributed by atoms with Gasteiger partial charge in [-0.25, -0.2) is 4.39 Å². The van der Waals surface area contributed by atoms with Crippen LogP contribution in [0.25, 0.3) is 0 Å². The molecule has 0 saturated carbocycles. The molecule has 0 saturated heterocycles. The lowest BCUT2D eigenvalue weighted by atomic mass is 10.1. The number of methoxy groups -OCH3 is 1. The molecule has 0 aliphatic rings. The van der Waals surface area contributed by atoms with Crippen molar-refractivity contribution in [3.63, 3.8) is 0 Å². The van der Waals surface area contributed by atoms with Crippen LogP contribution in [0.1, 0.15) is 25.3 Å². The first-order valence-corrected chi connectivity index (χ1v) is 6.36. The van der Waals surface area contributed by atoms with E-state index in [1.165, 1.54) is 13.2 Å². The second-order valence-electron chi connectivity index (χ2n) is 3.92. The molecule has 17 heavy (non-hydrogen) atoms. The first-order chi connectivity index (χ1) is 8.21. The maximum Gasteiger partial charge on any atom is 0.131 e. The van der Waals surface area contributed by atoms with Crippen LogP contribution in [0.15, 0.2) is 18.2 Å². The number of benzene rings is 1. The molecule has 0 radical (unpaired) electrons. The Hall–Kier alpha value is -0.800. The van der Waals surface area contributed by atoms with Crippen LogP contribution in [-0.4, -0.2) is 19.0 Å². The highest BCUT2D eigenvalue weighted by Crippen LogP contribution is 2.16. The van der Waals surface area contributed by atoms with Crippen LogP contribution in [0.2, 0.25) is 0 Å². The van der Waals surface area contributed by atoms with Gasteiger partial charge in [0.15, 0.2) is 0 Å². The predicted octanol–water partition coefficient (Wildman–Crippen LogP) is 3.33. The number of hydrogen-bond donors (Lipinski definition) is 1. The fourth-order valence-corrected chi connectivity index (χ4v) is 1.90. The first-order valence-electron chi connectivity index (χ1n) is 5.83. The molecule has 0 spiro atoms. The Bertz CT molecular complexity index is 346. The van der Waals surface area contributed by atoms with Gasteiger partial charge in [0.05, 0.1) is 7.11 Å². The zero-order valence-electron chi connectivity index (χ0n) is 10.3. The van der Waals surface area contributed by atoms with Crippen molar-refractivity contribution in [3.8, 4) is 5.75 Å². The molecule has 0 aromatic heterocycles. The van der Waals surface area contributed by atoms with Crippen molar-refractivity contribution >= 4 is 11.6 Å². The summed E-state index contributed by atoms with van der Waals surface area (Å²) in [6, 6.07) is 5.26. The van der Waals surface area contributed by atoms with Crippen molar-refractivity contribution in [1.29, 1.82) is 0 Å². The number of rotatable bonds is 7. The van der Waals surface area contributed by atoms with E-state index in [0.717, 1.165) is 12.8 Å². The normalized spacial score (nSPS) is 12.5. The smallest absolute Gasteiger partial charge is 0.131 e. The van der Waals surface area contributed by atoms with Crippen molar-refractivity contribution in [2.45, 2.75) is 32.4 Å². The van der Waals surface area contributed by atoms with E-state index < -0.39 is 0 Å². The molecule has 1 unspecified atom stereocenters. The molecule has 0 aliphatic carbocycles. The zero-order chi connectivity index (χ0) is 12.7. The summed E-state index contributed by atoms with van der Waals surface area (Å²) in [5.41, 5.74) is 0.652. The van der Waals surface area contributed by atoms with Gasteiger partial charge in [-0.1, -0.05) is 13.0 Å². The highest BCUT2D eigenvalue weighted by molar-refractivity contribution is 6.17. The Kier molecular flexibility index (Phi) is 6.30. The fraction of sp³-hybridized carbons (Fsp3) is 0.538.